The Balaban J connectivity index is 1.25. The summed E-state index contributed by atoms with van der Waals surface area (Å²) >= 11 is 0. The number of hydrogen-bond acceptors (Lipinski definition) is 6. The van der Waals surface area contributed by atoms with Gasteiger partial charge >= 0.3 is 0 Å². The van der Waals surface area contributed by atoms with Crippen LogP contribution in [0, 0.1) is 0 Å². The molecular weight excluding hydrogens is 502 g/mol. The average molecular weight is 532 g/mol. The van der Waals surface area contributed by atoms with Crippen molar-refractivity contribution in [2.75, 3.05) is 36.6 Å². The van der Waals surface area contributed by atoms with E-state index < -0.39 is 0 Å². The van der Waals surface area contributed by atoms with Crippen LogP contribution in [0.15, 0.2) is 109 Å². The van der Waals surface area contributed by atoms with E-state index in [-0.39, 0.29) is 11.8 Å². The lowest BCUT2D eigenvalue weighted by molar-refractivity contribution is -0.111. The van der Waals surface area contributed by atoms with Gasteiger partial charge in [0.1, 0.15) is 5.82 Å². The summed E-state index contributed by atoms with van der Waals surface area (Å²) in [5.74, 6) is 0.619. The maximum absolute atomic E-state index is 13.0. The minimum Gasteiger partial charge on any atom is -0.324 e. The zero-order valence-corrected chi connectivity index (χ0v) is 22.2. The minimum absolute atomic E-state index is 0.255. The zero-order chi connectivity index (χ0) is 27.9. The lowest BCUT2D eigenvalue weighted by Gasteiger charge is -2.11. The molecular formula is C31H29N7O2. The number of rotatable bonds is 9. The van der Waals surface area contributed by atoms with Crippen LogP contribution in [0.25, 0.3) is 16.7 Å². The van der Waals surface area contributed by atoms with E-state index in [2.05, 4.69) is 32.0 Å². The van der Waals surface area contributed by atoms with Crippen molar-refractivity contribution in [3.8, 4) is 5.82 Å². The van der Waals surface area contributed by atoms with Gasteiger partial charge in [0.05, 0.1) is 5.52 Å². The third-order valence-corrected chi connectivity index (χ3v) is 6.00. The van der Waals surface area contributed by atoms with Crippen LogP contribution < -0.4 is 16.0 Å². The summed E-state index contributed by atoms with van der Waals surface area (Å²) in [7, 11) is 3.85. The molecule has 0 radical (unpaired) electrons. The van der Waals surface area contributed by atoms with Crippen molar-refractivity contribution in [1.82, 2.24) is 19.4 Å². The number of benzene rings is 3. The predicted octanol–water partition coefficient (Wildman–Crippen LogP) is 5.47. The number of carbonyl (C=O) groups is 2. The molecule has 0 saturated heterocycles. The summed E-state index contributed by atoms with van der Waals surface area (Å²) in [4.78, 5) is 36.1. The highest BCUT2D eigenvalue weighted by Gasteiger charge is 2.10. The number of carbonyl (C=O) groups excluding carboxylic acids is 2. The first-order valence-corrected chi connectivity index (χ1v) is 12.7. The van der Waals surface area contributed by atoms with Crippen molar-refractivity contribution in [2.45, 2.75) is 0 Å². The number of anilines is 4. The van der Waals surface area contributed by atoms with Crippen molar-refractivity contribution >= 4 is 45.7 Å². The number of para-hydroxylation sites is 1. The minimum atomic E-state index is -0.297. The number of hydrogen-bond donors (Lipinski definition) is 3. The molecule has 0 aliphatic carbocycles. The molecule has 2 amide bonds. The second-order valence-corrected chi connectivity index (χ2v) is 9.38. The molecule has 2 aromatic heterocycles. The van der Waals surface area contributed by atoms with Crippen molar-refractivity contribution in [2.24, 2.45) is 0 Å². The Morgan fingerprint density at radius 2 is 1.65 bits per heavy atom. The predicted molar refractivity (Wildman–Crippen MR) is 159 cm³/mol. The van der Waals surface area contributed by atoms with Gasteiger partial charge in [0.25, 0.3) is 5.91 Å². The maximum atomic E-state index is 13.0. The van der Waals surface area contributed by atoms with Crippen LogP contribution >= 0.6 is 0 Å². The summed E-state index contributed by atoms with van der Waals surface area (Å²) in [5.41, 5.74) is 3.33. The third kappa shape index (κ3) is 6.58. The molecule has 0 bridgehead atoms. The number of aromatic nitrogens is 3. The maximum Gasteiger partial charge on any atom is 0.255 e. The largest absolute Gasteiger partial charge is 0.324 e. The monoisotopic (exact) mass is 531 g/mol. The molecule has 0 aliphatic heterocycles. The van der Waals surface area contributed by atoms with Crippen LogP contribution in [-0.2, 0) is 4.79 Å². The van der Waals surface area contributed by atoms with Gasteiger partial charge in [-0.25, -0.2) is 4.98 Å². The fraction of sp³-hybridized carbons (Fsp3) is 0.0968. The quantitative estimate of drug-likeness (QED) is 0.218. The van der Waals surface area contributed by atoms with Crippen molar-refractivity contribution < 1.29 is 9.59 Å². The number of nitrogens with one attached hydrogen (secondary N) is 3. The van der Waals surface area contributed by atoms with Crippen molar-refractivity contribution in [3.63, 3.8) is 0 Å². The highest BCUT2D eigenvalue weighted by molar-refractivity contribution is 6.06. The second-order valence-electron chi connectivity index (χ2n) is 9.38. The Hall–Kier alpha value is -5.28. The Morgan fingerprint density at radius 3 is 2.50 bits per heavy atom. The molecule has 3 aromatic carbocycles. The molecule has 0 saturated carbocycles. The zero-order valence-electron chi connectivity index (χ0n) is 22.2. The lowest BCUT2D eigenvalue weighted by atomic mass is 10.1. The molecule has 40 heavy (non-hydrogen) atoms. The van der Waals surface area contributed by atoms with Crippen molar-refractivity contribution in [1.29, 1.82) is 0 Å². The molecule has 0 aliphatic rings. The first-order chi connectivity index (χ1) is 19.4. The van der Waals surface area contributed by atoms with Gasteiger partial charge in [0.2, 0.25) is 11.9 Å². The summed E-state index contributed by atoms with van der Waals surface area (Å²) in [6.07, 6.45) is 6.94. The Bertz CT molecular complexity index is 1690. The van der Waals surface area contributed by atoms with Gasteiger partial charge in [0, 0.05) is 47.6 Å². The first kappa shape index (κ1) is 26.3. The second kappa shape index (κ2) is 12.1. The summed E-state index contributed by atoms with van der Waals surface area (Å²) in [6.45, 7) is 0.658. The number of amides is 2. The van der Waals surface area contributed by atoms with Crippen LogP contribution in [-0.4, -0.2) is 51.9 Å². The van der Waals surface area contributed by atoms with Crippen LogP contribution in [0.5, 0.6) is 0 Å². The van der Waals surface area contributed by atoms with Crippen LogP contribution in [0.1, 0.15) is 10.4 Å². The van der Waals surface area contributed by atoms with Crippen LogP contribution in [0.3, 0.4) is 0 Å². The van der Waals surface area contributed by atoms with E-state index >= 15 is 0 Å². The van der Waals surface area contributed by atoms with E-state index in [1.54, 1.807) is 48.7 Å². The molecule has 9 heteroatoms. The van der Waals surface area contributed by atoms with Gasteiger partial charge in [0.15, 0.2) is 0 Å². The fourth-order valence-electron chi connectivity index (χ4n) is 4.13. The topological polar surface area (TPSA) is 104 Å². The van der Waals surface area contributed by atoms with Gasteiger partial charge in [-0.3, -0.25) is 9.59 Å². The average Bonchev–Trinajstić information content (AvgIpc) is 3.38. The number of likely N-dealkylation sites (N-methyl/N-ethyl adjacent to an activating group) is 1. The van der Waals surface area contributed by atoms with E-state index in [1.807, 2.05) is 72.2 Å². The van der Waals surface area contributed by atoms with E-state index in [9.17, 15) is 9.59 Å². The van der Waals surface area contributed by atoms with Crippen LogP contribution in [0.4, 0.5) is 23.0 Å². The van der Waals surface area contributed by atoms with E-state index in [0.29, 0.717) is 29.4 Å². The molecule has 200 valence electrons. The molecule has 9 nitrogen and oxygen atoms in total. The SMILES string of the molecule is CN(C)C/C=C/C(=O)Nc1cccc(C(=O)Nc2cccc(Nc3nccc(-n4ccc5ccccc54)n3)c2)c1. The third-order valence-electron chi connectivity index (χ3n) is 6.00. The van der Waals surface area contributed by atoms with E-state index in [4.69, 9.17) is 0 Å². The first-order valence-electron chi connectivity index (χ1n) is 12.7. The van der Waals surface area contributed by atoms with Gasteiger partial charge in [-0.2, -0.15) is 4.98 Å². The van der Waals surface area contributed by atoms with Gasteiger partial charge in [-0.1, -0.05) is 36.4 Å². The Morgan fingerprint density at radius 1 is 0.875 bits per heavy atom. The van der Waals surface area contributed by atoms with E-state index in [1.165, 1.54) is 6.08 Å². The van der Waals surface area contributed by atoms with E-state index in [0.717, 1.165) is 22.4 Å². The number of nitrogens with zero attached hydrogens (tertiary/aromatic N) is 4. The molecule has 2 heterocycles. The summed E-state index contributed by atoms with van der Waals surface area (Å²) in [6, 6.07) is 26.1. The standard InChI is InChI=1S/C31H29N7O2/c1-37(2)18-7-14-29(39)33-24-10-5-9-23(20-24)30(40)34-25-11-6-12-26(21-25)35-31-32-17-15-28(36-31)38-19-16-22-8-3-4-13-27(22)38/h3-17,19-21H,18H2,1-2H3,(H,33,39)(H,34,40)(H,32,35,36)/b14-7+. The smallest absolute Gasteiger partial charge is 0.255 e. The van der Waals surface area contributed by atoms with Gasteiger partial charge in [-0.05, 0) is 74.1 Å². The number of fused-ring (bicyclic) bond motifs is 1. The molecule has 0 spiro atoms. The Labute approximate surface area is 232 Å². The lowest BCUT2D eigenvalue weighted by Crippen LogP contribution is -2.14. The molecule has 5 aromatic rings. The summed E-state index contributed by atoms with van der Waals surface area (Å²) in [5, 5.41) is 10.0. The Kier molecular flexibility index (Phi) is 7.94. The fourth-order valence-corrected chi connectivity index (χ4v) is 4.13. The highest BCUT2D eigenvalue weighted by Crippen LogP contribution is 2.22. The van der Waals surface area contributed by atoms with Crippen molar-refractivity contribution in [3.05, 3.63) is 115 Å². The normalized spacial score (nSPS) is 11.2. The molecule has 5 rings (SSSR count). The molecule has 0 unspecified atom stereocenters. The van der Waals surface area contributed by atoms with Crippen LogP contribution in [0.2, 0.25) is 0 Å². The highest BCUT2D eigenvalue weighted by atomic mass is 16.2. The molecule has 3 N–H and O–H groups in total. The summed E-state index contributed by atoms with van der Waals surface area (Å²) < 4.78 is 2.01. The molecule has 0 atom stereocenters. The van der Waals surface area contributed by atoms with Gasteiger partial charge < -0.3 is 25.4 Å². The molecule has 0 fully saturated rings. The van der Waals surface area contributed by atoms with Gasteiger partial charge in [-0.15, -0.1) is 0 Å².